The Morgan fingerprint density at radius 1 is 1.44 bits per heavy atom. The molecule has 1 heterocycles. The molecule has 0 aliphatic carbocycles. The van der Waals surface area contributed by atoms with Crippen LogP contribution in [0.5, 0.6) is 5.75 Å². The topological polar surface area (TPSA) is 47.6 Å². The zero-order chi connectivity index (χ0) is 12.8. The fraction of sp³-hybridized carbons (Fsp3) is 0.462. The third-order valence-corrected chi connectivity index (χ3v) is 3.26. The van der Waals surface area contributed by atoms with E-state index in [1.807, 2.05) is 24.3 Å². The van der Waals surface area contributed by atoms with Crippen LogP contribution < -0.4 is 10.1 Å². The van der Waals surface area contributed by atoms with E-state index >= 15 is 0 Å². The van der Waals surface area contributed by atoms with E-state index in [0.717, 1.165) is 23.9 Å². The number of rotatable bonds is 5. The van der Waals surface area contributed by atoms with Gasteiger partial charge in [0, 0.05) is 17.6 Å². The highest BCUT2D eigenvalue weighted by molar-refractivity contribution is 9.10. The summed E-state index contributed by atoms with van der Waals surface area (Å²) in [6.07, 6.45) is 2.27. The van der Waals surface area contributed by atoms with Crippen LogP contribution in [0, 0.1) is 0 Å². The van der Waals surface area contributed by atoms with Crippen LogP contribution in [0.3, 0.4) is 0 Å². The van der Waals surface area contributed by atoms with E-state index in [9.17, 15) is 4.79 Å². The lowest BCUT2D eigenvalue weighted by Gasteiger charge is -2.11. The van der Waals surface area contributed by atoms with Gasteiger partial charge in [-0.3, -0.25) is 4.79 Å². The number of amides is 1. The number of carbonyl (C=O) groups excluding carboxylic acids is 1. The van der Waals surface area contributed by atoms with Crippen LogP contribution in [0.1, 0.15) is 12.8 Å². The molecule has 1 aromatic rings. The van der Waals surface area contributed by atoms with Gasteiger partial charge in [-0.25, -0.2) is 0 Å². The van der Waals surface area contributed by atoms with E-state index < -0.39 is 0 Å². The van der Waals surface area contributed by atoms with Gasteiger partial charge in [0.05, 0.1) is 6.10 Å². The van der Waals surface area contributed by atoms with E-state index in [4.69, 9.17) is 9.47 Å². The van der Waals surface area contributed by atoms with Gasteiger partial charge in [-0.05, 0) is 37.1 Å². The van der Waals surface area contributed by atoms with Crippen LogP contribution in [-0.4, -0.2) is 31.8 Å². The Balaban J connectivity index is 1.66. The molecule has 1 amide bonds. The Kier molecular flexibility index (Phi) is 5.01. The lowest BCUT2D eigenvalue weighted by Crippen LogP contribution is -2.35. The summed E-state index contributed by atoms with van der Waals surface area (Å²) in [5.41, 5.74) is 0. The number of benzene rings is 1. The summed E-state index contributed by atoms with van der Waals surface area (Å²) in [5.74, 6) is 0.568. The Morgan fingerprint density at radius 3 is 2.89 bits per heavy atom. The molecule has 2 rings (SSSR count). The number of halogens is 1. The predicted molar refractivity (Wildman–Crippen MR) is 71.6 cm³/mol. The molecule has 0 radical (unpaired) electrons. The van der Waals surface area contributed by atoms with Gasteiger partial charge in [0.2, 0.25) is 0 Å². The summed E-state index contributed by atoms with van der Waals surface area (Å²) < 4.78 is 11.8. The molecule has 5 heteroatoms. The normalized spacial score (nSPS) is 18.6. The highest BCUT2D eigenvalue weighted by Gasteiger charge is 2.16. The van der Waals surface area contributed by atoms with Gasteiger partial charge in [-0.15, -0.1) is 0 Å². The first-order chi connectivity index (χ1) is 8.74. The second-order valence-corrected chi connectivity index (χ2v) is 5.10. The minimum Gasteiger partial charge on any atom is -0.484 e. The van der Waals surface area contributed by atoms with Crippen molar-refractivity contribution in [3.05, 3.63) is 28.7 Å². The average molecular weight is 314 g/mol. The summed E-state index contributed by atoms with van der Waals surface area (Å²) in [7, 11) is 0. The molecule has 0 bridgehead atoms. The first-order valence-electron chi connectivity index (χ1n) is 6.01. The van der Waals surface area contributed by atoms with E-state index in [2.05, 4.69) is 21.2 Å². The second-order valence-electron chi connectivity index (χ2n) is 4.18. The number of hydrogen-bond donors (Lipinski definition) is 1. The van der Waals surface area contributed by atoms with Gasteiger partial charge < -0.3 is 14.8 Å². The fourth-order valence-electron chi connectivity index (χ4n) is 1.76. The van der Waals surface area contributed by atoms with E-state index in [1.54, 1.807) is 0 Å². The fourth-order valence-corrected chi connectivity index (χ4v) is 2.03. The molecule has 4 nitrogen and oxygen atoms in total. The summed E-state index contributed by atoms with van der Waals surface area (Å²) in [6, 6.07) is 7.38. The van der Waals surface area contributed by atoms with Crippen molar-refractivity contribution in [3.63, 3.8) is 0 Å². The van der Waals surface area contributed by atoms with Crippen molar-refractivity contribution in [3.8, 4) is 5.75 Å². The molecule has 1 N–H and O–H groups in total. The molecule has 0 unspecified atom stereocenters. The van der Waals surface area contributed by atoms with Crippen LogP contribution >= 0.6 is 15.9 Å². The van der Waals surface area contributed by atoms with Crippen LogP contribution in [0.25, 0.3) is 0 Å². The van der Waals surface area contributed by atoms with Crippen LogP contribution in [-0.2, 0) is 9.53 Å². The zero-order valence-electron chi connectivity index (χ0n) is 10.0. The van der Waals surface area contributed by atoms with E-state index in [1.165, 1.54) is 0 Å². The molecule has 1 aromatic carbocycles. The maximum atomic E-state index is 11.5. The molecule has 1 atom stereocenters. The van der Waals surface area contributed by atoms with Crippen molar-refractivity contribution in [2.45, 2.75) is 18.9 Å². The van der Waals surface area contributed by atoms with Gasteiger partial charge in [0.25, 0.3) is 5.91 Å². The molecular formula is C13H16BrNO3. The predicted octanol–water partition coefficient (Wildman–Crippen LogP) is 2.12. The lowest BCUT2D eigenvalue weighted by molar-refractivity contribution is -0.123. The van der Waals surface area contributed by atoms with Crippen LogP contribution in [0.2, 0.25) is 0 Å². The van der Waals surface area contributed by atoms with E-state index in [0.29, 0.717) is 12.3 Å². The summed E-state index contributed by atoms with van der Waals surface area (Å²) >= 11 is 3.34. The molecule has 98 valence electrons. The number of hydrogen-bond acceptors (Lipinski definition) is 3. The SMILES string of the molecule is O=C(COc1ccc(Br)cc1)NC[C@H]1CCCO1. The van der Waals surface area contributed by atoms with Gasteiger partial charge in [0.15, 0.2) is 6.61 Å². The molecule has 0 saturated carbocycles. The highest BCUT2D eigenvalue weighted by Crippen LogP contribution is 2.15. The van der Waals surface area contributed by atoms with Crippen molar-refractivity contribution in [2.24, 2.45) is 0 Å². The molecule has 1 saturated heterocycles. The Bertz CT molecular complexity index is 388. The van der Waals surface area contributed by atoms with Gasteiger partial charge >= 0.3 is 0 Å². The van der Waals surface area contributed by atoms with Crippen molar-refractivity contribution in [1.82, 2.24) is 5.32 Å². The minimum atomic E-state index is -0.117. The molecule has 0 aromatic heterocycles. The standard InChI is InChI=1S/C13H16BrNO3/c14-10-3-5-11(6-4-10)18-9-13(16)15-8-12-2-1-7-17-12/h3-6,12H,1-2,7-9H2,(H,15,16)/t12-/m1/s1. The summed E-state index contributed by atoms with van der Waals surface area (Å²) in [6.45, 7) is 1.41. The van der Waals surface area contributed by atoms with Gasteiger partial charge in [-0.2, -0.15) is 0 Å². The maximum absolute atomic E-state index is 11.5. The smallest absolute Gasteiger partial charge is 0.258 e. The van der Waals surface area contributed by atoms with Gasteiger partial charge in [-0.1, -0.05) is 15.9 Å². The molecule has 0 spiro atoms. The second kappa shape index (κ2) is 6.75. The zero-order valence-corrected chi connectivity index (χ0v) is 11.6. The minimum absolute atomic E-state index is 0.0361. The molecular weight excluding hydrogens is 298 g/mol. The number of carbonyl (C=O) groups is 1. The van der Waals surface area contributed by atoms with Crippen molar-refractivity contribution >= 4 is 21.8 Å². The molecule has 1 aliphatic heterocycles. The van der Waals surface area contributed by atoms with Crippen molar-refractivity contribution in [1.29, 1.82) is 0 Å². The van der Waals surface area contributed by atoms with Crippen LogP contribution in [0.4, 0.5) is 0 Å². The Hall–Kier alpha value is -1.07. The molecule has 1 fully saturated rings. The monoisotopic (exact) mass is 313 g/mol. The lowest BCUT2D eigenvalue weighted by atomic mass is 10.2. The quantitative estimate of drug-likeness (QED) is 0.906. The van der Waals surface area contributed by atoms with E-state index in [-0.39, 0.29) is 18.6 Å². The number of ether oxygens (including phenoxy) is 2. The Morgan fingerprint density at radius 2 is 2.22 bits per heavy atom. The number of nitrogens with one attached hydrogen (secondary N) is 1. The first kappa shape index (κ1) is 13.4. The van der Waals surface area contributed by atoms with Crippen molar-refractivity contribution in [2.75, 3.05) is 19.8 Å². The van der Waals surface area contributed by atoms with Gasteiger partial charge in [0.1, 0.15) is 5.75 Å². The van der Waals surface area contributed by atoms with Crippen molar-refractivity contribution < 1.29 is 14.3 Å². The largest absolute Gasteiger partial charge is 0.484 e. The average Bonchev–Trinajstić information content (AvgIpc) is 2.89. The highest BCUT2D eigenvalue weighted by atomic mass is 79.9. The summed E-state index contributed by atoms with van der Waals surface area (Å²) in [5, 5.41) is 2.81. The molecule has 1 aliphatic rings. The van der Waals surface area contributed by atoms with Crippen LogP contribution in [0.15, 0.2) is 28.7 Å². The Labute approximate surface area is 115 Å². The maximum Gasteiger partial charge on any atom is 0.258 e. The molecule has 18 heavy (non-hydrogen) atoms. The third kappa shape index (κ3) is 4.31. The third-order valence-electron chi connectivity index (χ3n) is 2.73. The summed E-state index contributed by atoms with van der Waals surface area (Å²) in [4.78, 5) is 11.5. The first-order valence-corrected chi connectivity index (χ1v) is 6.80.